The second-order valence-corrected chi connectivity index (χ2v) is 6.22. The summed E-state index contributed by atoms with van der Waals surface area (Å²) in [5, 5.41) is 3.72. The summed E-state index contributed by atoms with van der Waals surface area (Å²) in [6.45, 7) is 8.63. The number of hydrogen-bond donors (Lipinski definition) is 1. The summed E-state index contributed by atoms with van der Waals surface area (Å²) in [6, 6.07) is 13.3. The molecular weight excluding hydrogens is 258 g/mol. The Balaban J connectivity index is 1.94. The molecule has 1 aromatic heterocycles. The number of nitrogens with one attached hydrogen (secondary N) is 1. The fourth-order valence-corrected chi connectivity index (χ4v) is 3.11. The van der Waals surface area contributed by atoms with Crippen molar-refractivity contribution in [2.75, 3.05) is 18.0 Å². The van der Waals surface area contributed by atoms with E-state index in [-0.39, 0.29) is 5.54 Å². The van der Waals surface area contributed by atoms with Gasteiger partial charge in [0.2, 0.25) is 0 Å². The fraction of sp³-hybridized carbons (Fsp3) is 0.389. The van der Waals surface area contributed by atoms with Crippen molar-refractivity contribution in [2.24, 2.45) is 0 Å². The third-order valence-electron chi connectivity index (χ3n) is 4.54. The Morgan fingerprint density at radius 3 is 2.71 bits per heavy atom. The van der Waals surface area contributed by atoms with Crippen LogP contribution in [0.3, 0.4) is 0 Å². The molecular formula is C18H23N3. The van der Waals surface area contributed by atoms with E-state index >= 15 is 0 Å². The molecule has 0 saturated carbocycles. The molecule has 1 N–H and O–H groups in total. The number of rotatable bonds is 2. The number of piperazine rings is 1. The molecule has 0 amide bonds. The molecule has 2 aromatic rings. The lowest BCUT2D eigenvalue weighted by Gasteiger charge is -2.47. The second-order valence-electron chi connectivity index (χ2n) is 6.22. The molecule has 2 heterocycles. The van der Waals surface area contributed by atoms with Gasteiger partial charge in [-0.15, -0.1) is 0 Å². The predicted molar refractivity (Wildman–Crippen MR) is 87.6 cm³/mol. The van der Waals surface area contributed by atoms with E-state index in [4.69, 9.17) is 0 Å². The van der Waals surface area contributed by atoms with Crippen molar-refractivity contribution in [2.45, 2.75) is 32.4 Å². The standard InChI is InChI=1S/C18H23N3/c1-14-9-10-19-12-17(14)21-13-18(3,20-11-15(21)2)16-7-5-4-6-8-16/h4-10,12,15,20H,11,13H2,1-3H3. The minimum absolute atomic E-state index is 0.0317. The van der Waals surface area contributed by atoms with Crippen LogP contribution in [0.1, 0.15) is 25.0 Å². The molecule has 2 atom stereocenters. The molecule has 0 radical (unpaired) electrons. The molecule has 1 aromatic carbocycles. The Labute approximate surface area is 127 Å². The topological polar surface area (TPSA) is 28.2 Å². The van der Waals surface area contributed by atoms with Crippen molar-refractivity contribution in [3.8, 4) is 0 Å². The monoisotopic (exact) mass is 281 g/mol. The molecule has 0 aliphatic carbocycles. The summed E-state index contributed by atoms with van der Waals surface area (Å²) >= 11 is 0. The second kappa shape index (κ2) is 5.49. The summed E-state index contributed by atoms with van der Waals surface area (Å²) in [6.07, 6.45) is 3.85. The molecule has 2 unspecified atom stereocenters. The number of anilines is 1. The van der Waals surface area contributed by atoms with E-state index in [1.54, 1.807) is 0 Å². The summed E-state index contributed by atoms with van der Waals surface area (Å²) in [5.41, 5.74) is 3.84. The van der Waals surface area contributed by atoms with Gasteiger partial charge >= 0.3 is 0 Å². The number of hydrogen-bond acceptors (Lipinski definition) is 3. The number of nitrogens with zero attached hydrogens (tertiary/aromatic N) is 2. The molecule has 1 aliphatic rings. The predicted octanol–water partition coefficient (Wildman–Crippen LogP) is 3.10. The Kier molecular flexibility index (Phi) is 3.68. The Hall–Kier alpha value is -1.87. The van der Waals surface area contributed by atoms with Crippen molar-refractivity contribution >= 4 is 5.69 Å². The SMILES string of the molecule is Cc1ccncc1N1CC(C)(c2ccccc2)NCC1C. The molecule has 3 nitrogen and oxygen atoms in total. The van der Waals surface area contributed by atoms with E-state index < -0.39 is 0 Å². The Bertz CT molecular complexity index is 611. The van der Waals surface area contributed by atoms with Gasteiger partial charge in [-0.05, 0) is 38.0 Å². The van der Waals surface area contributed by atoms with Crippen LogP contribution in [-0.2, 0) is 5.54 Å². The van der Waals surface area contributed by atoms with Crippen LogP contribution in [0.15, 0.2) is 48.8 Å². The highest BCUT2D eigenvalue weighted by Crippen LogP contribution is 2.31. The average molecular weight is 281 g/mol. The Morgan fingerprint density at radius 1 is 1.24 bits per heavy atom. The maximum atomic E-state index is 4.31. The minimum Gasteiger partial charge on any atom is -0.364 e. The van der Waals surface area contributed by atoms with Gasteiger partial charge in [0, 0.05) is 25.3 Å². The molecule has 1 fully saturated rings. The van der Waals surface area contributed by atoms with E-state index in [0.29, 0.717) is 6.04 Å². The number of benzene rings is 1. The largest absolute Gasteiger partial charge is 0.364 e. The first-order valence-corrected chi connectivity index (χ1v) is 7.58. The van der Waals surface area contributed by atoms with Gasteiger partial charge in [-0.25, -0.2) is 0 Å². The van der Waals surface area contributed by atoms with E-state index in [2.05, 4.69) is 72.4 Å². The molecule has 0 spiro atoms. The zero-order chi connectivity index (χ0) is 14.9. The quantitative estimate of drug-likeness (QED) is 0.917. The zero-order valence-electron chi connectivity index (χ0n) is 13.0. The molecule has 3 rings (SSSR count). The lowest BCUT2D eigenvalue weighted by molar-refractivity contribution is 0.299. The maximum absolute atomic E-state index is 4.31. The van der Waals surface area contributed by atoms with E-state index in [0.717, 1.165) is 13.1 Å². The lowest BCUT2D eigenvalue weighted by atomic mass is 9.88. The van der Waals surface area contributed by atoms with Gasteiger partial charge in [-0.1, -0.05) is 30.3 Å². The van der Waals surface area contributed by atoms with Crippen molar-refractivity contribution in [3.63, 3.8) is 0 Å². The lowest BCUT2D eigenvalue weighted by Crippen LogP contribution is -2.60. The summed E-state index contributed by atoms with van der Waals surface area (Å²) in [4.78, 5) is 6.79. The molecule has 21 heavy (non-hydrogen) atoms. The van der Waals surface area contributed by atoms with Crippen LogP contribution in [0, 0.1) is 6.92 Å². The van der Waals surface area contributed by atoms with Gasteiger partial charge in [0.15, 0.2) is 0 Å². The average Bonchev–Trinajstić information content (AvgIpc) is 2.52. The molecule has 0 bridgehead atoms. The number of pyridine rings is 1. The highest BCUT2D eigenvalue weighted by atomic mass is 15.3. The van der Waals surface area contributed by atoms with Crippen molar-refractivity contribution in [3.05, 3.63) is 59.9 Å². The van der Waals surface area contributed by atoms with Crippen molar-refractivity contribution < 1.29 is 0 Å². The molecule has 3 heteroatoms. The van der Waals surface area contributed by atoms with E-state index in [1.165, 1.54) is 16.8 Å². The molecule has 1 saturated heterocycles. The molecule has 110 valence electrons. The summed E-state index contributed by atoms with van der Waals surface area (Å²) < 4.78 is 0. The highest BCUT2D eigenvalue weighted by molar-refractivity contribution is 5.53. The number of aromatic nitrogens is 1. The summed E-state index contributed by atoms with van der Waals surface area (Å²) in [5.74, 6) is 0. The van der Waals surface area contributed by atoms with Crippen LogP contribution in [0.5, 0.6) is 0 Å². The van der Waals surface area contributed by atoms with Crippen LogP contribution in [0.25, 0.3) is 0 Å². The zero-order valence-corrected chi connectivity index (χ0v) is 13.0. The minimum atomic E-state index is -0.0317. The third kappa shape index (κ3) is 2.66. The van der Waals surface area contributed by atoms with E-state index in [9.17, 15) is 0 Å². The van der Waals surface area contributed by atoms with E-state index in [1.807, 2.05) is 12.4 Å². The van der Waals surface area contributed by atoms with Gasteiger partial charge in [0.05, 0.1) is 17.4 Å². The normalized spacial score (nSPS) is 25.9. The van der Waals surface area contributed by atoms with Crippen LogP contribution in [-0.4, -0.2) is 24.1 Å². The van der Waals surface area contributed by atoms with Crippen LogP contribution in [0.4, 0.5) is 5.69 Å². The highest BCUT2D eigenvalue weighted by Gasteiger charge is 2.35. The van der Waals surface area contributed by atoms with Crippen molar-refractivity contribution in [1.82, 2.24) is 10.3 Å². The van der Waals surface area contributed by atoms with Crippen LogP contribution >= 0.6 is 0 Å². The van der Waals surface area contributed by atoms with Crippen LogP contribution in [0.2, 0.25) is 0 Å². The first-order chi connectivity index (χ1) is 10.1. The van der Waals surface area contributed by atoms with Gasteiger partial charge < -0.3 is 10.2 Å². The van der Waals surface area contributed by atoms with Crippen molar-refractivity contribution in [1.29, 1.82) is 0 Å². The van der Waals surface area contributed by atoms with Gasteiger partial charge in [0.1, 0.15) is 0 Å². The first-order valence-electron chi connectivity index (χ1n) is 7.58. The maximum Gasteiger partial charge on any atom is 0.0586 e. The Morgan fingerprint density at radius 2 is 2.00 bits per heavy atom. The number of aryl methyl sites for hydroxylation is 1. The molecule has 1 aliphatic heterocycles. The first kappa shape index (κ1) is 14.1. The third-order valence-corrected chi connectivity index (χ3v) is 4.54. The fourth-order valence-electron chi connectivity index (χ4n) is 3.11. The summed E-state index contributed by atoms with van der Waals surface area (Å²) in [7, 11) is 0. The van der Waals surface area contributed by atoms with Crippen LogP contribution < -0.4 is 10.2 Å². The van der Waals surface area contributed by atoms with Gasteiger partial charge in [0.25, 0.3) is 0 Å². The smallest absolute Gasteiger partial charge is 0.0586 e. The van der Waals surface area contributed by atoms with Gasteiger partial charge in [-0.2, -0.15) is 0 Å². The van der Waals surface area contributed by atoms with Gasteiger partial charge in [-0.3, -0.25) is 4.98 Å².